The lowest BCUT2D eigenvalue weighted by atomic mass is 9.80. The largest absolute Gasteiger partial charge is 0.369 e. The molecule has 1 saturated carbocycles. The second-order valence-corrected chi connectivity index (χ2v) is 6.07. The SMILES string of the molecule is NC(=O)C1C=NC2CC3(C=Nc4ncccc43)CC2C1. The maximum absolute atomic E-state index is 11.3. The van der Waals surface area contributed by atoms with Gasteiger partial charge in [-0.15, -0.1) is 0 Å². The number of nitrogens with zero attached hydrogens (tertiary/aromatic N) is 3. The topological polar surface area (TPSA) is 80.7 Å². The maximum atomic E-state index is 11.3. The quantitative estimate of drug-likeness (QED) is 0.835. The standard InChI is InChI=1S/C15H16N4O/c16-13(20)10-4-9-5-15(6-12(9)18-7-10)8-19-14-11(15)2-1-3-17-14/h1-3,7-10,12H,4-6H2,(H2,16,20). The highest BCUT2D eigenvalue weighted by molar-refractivity contribution is 5.93. The smallest absolute Gasteiger partial charge is 0.225 e. The number of amides is 1. The van der Waals surface area contributed by atoms with Crippen LogP contribution in [0.25, 0.3) is 0 Å². The molecular weight excluding hydrogens is 252 g/mol. The van der Waals surface area contributed by atoms with Gasteiger partial charge in [0.05, 0.1) is 12.0 Å². The zero-order chi connectivity index (χ0) is 13.7. The number of aromatic nitrogens is 1. The first kappa shape index (κ1) is 11.8. The highest BCUT2D eigenvalue weighted by atomic mass is 16.1. The number of primary amides is 1. The summed E-state index contributed by atoms with van der Waals surface area (Å²) in [4.78, 5) is 24.7. The number of carbonyl (C=O) groups is 1. The van der Waals surface area contributed by atoms with Gasteiger partial charge < -0.3 is 5.73 Å². The molecule has 5 heteroatoms. The van der Waals surface area contributed by atoms with Gasteiger partial charge in [-0.2, -0.15) is 0 Å². The van der Waals surface area contributed by atoms with Crippen LogP contribution in [0.5, 0.6) is 0 Å². The summed E-state index contributed by atoms with van der Waals surface area (Å²) < 4.78 is 0. The van der Waals surface area contributed by atoms with E-state index in [1.807, 2.05) is 12.3 Å². The molecule has 1 aromatic rings. The summed E-state index contributed by atoms with van der Waals surface area (Å²) in [5.74, 6) is 0.769. The van der Waals surface area contributed by atoms with E-state index in [0.29, 0.717) is 5.92 Å². The Morgan fingerprint density at radius 1 is 1.40 bits per heavy atom. The molecule has 1 aromatic heterocycles. The number of hydrogen-bond donors (Lipinski definition) is 1. The second kappa shape index (κ2) is 3.98. The minimum absolute atomic E-state index is 0.0389. The summed E-state index contributed by atoms with van der Waals surface area (Å²) in [7, 11) is 0. The molecule has 1 aliphatic carbocycles. The van der Waals surface area contributed by atoms with Gasteiger partial charge in [0.1, 0.15) is 0 Å². The van der Waals surface area contributed by atoms with Crippen LogP contribution >= 0.6 is 0 Å². The van der Waals surface area contributed by atoms with Crippen LogP contribution in [-0.4, -0.2) is 29.4 Å². The molecule has 3 heterocycles. The highest BCUT2D eigenvalue weighted by Gasteiger charge is 2.50. The number of aliphatic imine (C=N–C) groups is 2. The van der Waals surface area contributed by atoms with Crippen molar-refractivity contribution in [2.75, 3.05) is 0 Å². The van der Waals surface area contributed by atoms with Crippen molar-refractivity contribution in [3.05, 3.63) is 23.9 Å². The van der Waals surface area contributed by atoms with E-state index in [1.54, 1.807) is 12.4 Å². The van der Waals surface area contributed by atoms with Crippen molar-refractivity contribution in [3.8, 4) is 0 Å². The Morgan fingerprint density at radius 2 is 2.30 bits per heavy atom. The molecule has 2 N–H and O–H groups in total. The Labute approximate surface area is 117 Å². The van der Waals surface area contributed by atoms with E-state index >= 15 is 0 Å². The van der Waals surface area contributed by atoms with E-state index in [-0.39, 0.29) is 23.3 Å². The van der Waals surface area contributed by atoms with Crippen molar-refractivity contribution in [2.24, 2.45) is 27.6 Å². The van der Waals surface area contributed by atoms with Crippen LogP contribution in [0, 0.1) is 11.8 Å². The average molecular weight is 268 g/mol. The van der Waals surface area contributed by atoms with Gasteiger partial charge in [0.15, 0.2) is 5.82 Å². The number of carbonyl (C=O) groups excluding carboxylic acids is 1. The summed E-state index contributed by atoms with van der Waals surface area (Å²) >= 11 is 0. The van der Waals surface area contributed by atoms with Crippen LogP contribution in [0.2, 0.25) is 0 Å². The highest BCUT2D eigenvalue weighted by Crippen LogP contribution is 2.51. The zero-order valence-electron chi connectivity index (χ0n) is 11.1. The van der Waals surface area contributed by atoms with Gasteiger partial charge in [-0.25, -0.2) is 9.98 Å². The minimum Gasteiger partial charge on any atom is -0.369 e. The molecule has 2 aliphatic heterocycles. The van der Waals surface area contributed by atoms with Crippen molar-refractivity contribution in [2.45, 2.75) is 30.7 Å². The van der Waals surface area contributed by atoms with E-state index in [1.165, 1.54) is 5.56 Å². The van der Waals surface area contributed by atoms with Crippen molar-refractivity contribution in [1.29, 1.82) is 0 Å². The van der Waals surface area contributed by atoms with Gasteiger partial charge in [0, 0.05) is 29.6 Å². The normalized spacial score (nSPS) is 37.1. The number of fused-ring (bicyclic) bond motifs is 3. The Kier molecular flexibility index (Phi) is 2.34. The lowest BCUT2D eigenvalue weighted by molar-refractivity contribution is -0.120. The molecule has 4 rings (SSSR count). The Morgan fingerprint density at radius 3 is 3.15 bits per heavy atom. The molecule has 4 unspecified atom stereocenters. The summed E-state index contributed by atoms with van der Waals surface area (Å²) in [5.41, 5.74) is 6.57. The fourth-order valence-corrected chi connectivity index (χ4v) is 3.90. The summed E-state index contributed by atoms with van der Waals surface area (Å²) in [6.07, 6.45) is 8.33. The minimum atomic E-state index is -0.268. The molecule has 0 saturated heterocycles. The predicted molar refractivity (Wildman–Crippen MR) is 76.4 cm³/mol. The summed E-state index contributed by atoms with van der Waals surface area (Å²) in [5, 5.41) is 0. The van der Waals surface area contributed by atoms with Gasteiger partial charge in [0.2, 0.25) is 5.91 Å². The van der Waals surface area contributed by atoms with Crippen LogP contribution < -0.4 is 5.73 Å². The third-order valence-electron chi connectivity index (χ3n) is 4.88. The maximum Gasteiger partial charge on any atom is 0.225 e. The van der Waals surface area contributed by atoms with E-state index in [4.69, 9.17) is 5.73 Å². The third-order valence-corrected chi connectivity index (χ3v) is 4.88. The van der Waals surface area contributed by atoms with Crippen molar-refractivity contribution in [3.63, 3.8) is 0 Å². The number of pyridine rings is 1. The van der Waals surface area contributed by atoms with Crippen LogP contribution in [0.1, 0.15) is 24.8 Å². The van der Waals surface area contributed by atoms with Gasteiger partial charge >= 0.3 is 0 Å². The summed E-state index contributed by atoms with van der Waals surface area (Å²) in [6, 6.07) is 4.36. The molecular formula is C15H16N4O. The molecule has 1 fully saturated rings. The molecule has 1 amide bonds. The van der Waals surface area contributed by atoms with Gasteiger partial charge in [-0.05, 0) is 31.2 Å². The van der Waals surface area contributed by atoms with Crippen LogP contribution in [-0.2, 0) is 10.2 Å². The van der Waals surface area contributed by atoms with E-state index < -0.39 is 0 Å². The molecule has 0 aromatic carbocycles. The van der Waals surface area contributed by atoms with Crippen molar-refractivity contribution in [1.82, 2.24) is 4.98 Å². The van der Waals surface area contributed by atoms with Gasteiger partial charge in [0.25, 0.3) is 0 Å². The summed E-state index contributed by atoms with van der Waals surface area (Å²) in [6.45, 7) is 0. The number of nitrogens with two attached hydrogens (primary N) is 1. The molecule has 0 bridgehead atoms. The first-order valence-corrected chi connectivity index (χ1v) is 7.01. The average Bonchev–Trinajstić information content (AvgIpc) is 3.00. The van der Waals surface area contributed by atoms with Crippen LogP contribution in [0.4, 0.5) is 5.82 Å². The first-order chi connectivity index (χ1) is 9.68. The number of rotatable bonds is 1. The van der Waals surface area contributed by atoms with Crippen LogP contribution in [0.3, 0.4) is 0 Å². The fourth-order valence-electron chi connectivity index (χ4n) is 3.90. The fraction of sp³-hybridized carbons (Fsp3) is 0.467. The lowest BCUT2D eigenvalue weighted by Gasteiger charge is -2.23. The monoisotopic (exact) mass is 268 g/mol. The Balaban J connectivity index is 1.66. The molecule has 3 aliphatic rings. The van der Waals surface area contributed by atoms with Gasteiger partial charge in [-0.3, -0.25) is 9.79 Å². The molecule has 0 radical (unpaired) electrons. The van der Waals surface area contributed by atoms with Crippen molar-refractivity contribution >= 4 is 24.2 Å². The molecule has 20 heavy (non-hydrogen) atoms. The Bertz CT molecular complexity index is 639. The van der Waals surface area contributed by atoms with Crippen LogP contribution in [0.15, 0.2) is 28.3 Å². The zero-order valence-corrected chi connectivity index (χ0v) is 11.1. The molecule has 102 valence electrons. The second-order valence-electron chi connectivity index (χ2n) is 6.07. The van der Waals surface area contributed by atoms with Crippen molar-refractivity contribution < 1.29 is 4.79 Å². The van der Waals surface area contributed by atoms with Gasteiger partial charge in [-0.1, -0.05) is 6.07 Å². The number of hydrogen-bond acceptors (Lipinski definition) is 4. The first-order valence-electron chi connectivity index (χ1n) is 7.01. The van der Waals surface area contributed by atoms with E-state index in [9.17, 15) is 4.79 Å². The van der Waals surface area contributed by atoms with E-state index in [0.717, 1.165) is 25.1 Å². The van der Waals surface area contributed by atoms with E-state index in [2.05, 4.69) is 21.0 Å². The molecule has 5 nitrogen and oxygen atoms in total. The lowest BCUT2D eigenvalue weighted by Crippen LogP contribution is -2.32. The predicted octanol–water partition coefficient (Wildman–Crippen LogP) is 1.39. The Hall–Kier alpha value is -2.04. The molecule has 1 spiro atoms. The molecule has 4 atom stereocenters. The third kappa shape index (κ3) is 1.55.